The molecule has 132 valence electrons. The minimum atomic E-state index is -0.408. The SMILES string of the molecule is O=C(Nc1cc(Cl)ccc1Cl)c1ccc(NCc2ccccc2F)cn1. The van der Waals surface area contributed by atoms with E-state index in [1.165, 1.54) is 12.3 Å². The first-order chi connectivity index (χ1) is 12.5. The lowest BCUT2D eigenvalue weighted by molar-refractivity contribution is 0.102. The number of benzene rings is 2. The van der Waals surface area contributed by atoms with E-state index in [1.54, 1.807) is 48.5 Å². The van der Waals surface area contributed by atoms with Gasteiger partial charge in [-0.25, -0.2) is 9.37 Å². The van der Waals surface area contributed by atoms with Gasteiger partial charge in [0.2, 0.25) is 0 Å². The molecule has 0 spiro atoms. The van der Waals surface area contributed by atoms with Crippen molar-refractivity contribution in [3.63, 3.8) is 0 Å². The summed E-state index contributed by atoms with van der Waals surface area (Å²) in [5, 5.41) is 6.57. The van der Waals surface area contributed by atoms with Crippen molar-refractivity contribution in [2.45, 2.75) is 6.54 Å². The van der Waals surface area contributed by atoms with E-state index in [9.17, 15) is 9.18 Å². The van der Waals surface area contributed by atoms with E-state index >= 15 is 0 Å². The van der Waals surface area contributed by atoms with Crippen LogP contribution in [0.15, 0.2) is 60.8 Å². The molecule has 26 heavy (non-hydrogen) atoms. The van der Waals surface area contributed by atoms with E-state index in [1.807, 2.05) is 0 Å². The highest BCUT2D eigenvalue weighted by Gasteiger charge is 2.10. The summed E-state index contributed by atoms with van der Waals surface area (Å²) in [7, 11) is 0. The fourth-order valence-corrected chi connectivity index (χ4v) is 2.59. The fourth-order valence-electron chi connectivity index (χ4n) is 2.25. The smallest absolute Gasteiger partial charge is 0.274 e. The zero-order chi connectivity index (χ0) is 18.5. The van der Waals surface area contributed by atoms with Gasteiger partial charge in [0.15, 0.2) is 0 Å². The molecule has 0 aliphatic carbocycles. The lowest BCUT2D eigenvalue weighted by Crippen LogP contribution is -2.14. The van der Waals surface area contributed by atoms with Crippen LogP contribution < -0.4 is 10.6 Å². The van der Waals surface area contributed by atoms with Crippen LogP contribution in [-0.2, 0) is 6.54 Å². The van der Waals surface area contributed by atoms with Gasteiger partial charge >= 0.3 is 0 Å². The normalized spacial score (nSPS) is 10.4. The van der Waals surface area contributed by atoms with Crippen LogP contribution in [0.2, 0.25) is 10.0 Å². The molecule has 2 aromatic carbocycles. The minimum absolute atomic E-state index is 0.220. The number of carbonyl (C=O) groups excluding carboxylic acids is 1. The van der Waals surface area contributed by atoms with Gasteiger partial charge in [0.25, 0.3) is 5.91 Å². The van der Waals surface area contributed by atoms with E-state index in [2.05, 4.69) is 15.6 Å². The number of hydrogen-bond donors (Lipinski definition) is 2. The first-order valence-corrected chi connectivity index (χ1v) is 8.48. The molecule has 0 bridgehead atoms. The minimum Gasteiger partial charge on any atom is -0.380 e. The molecule has 0 unspecified atom stereocenters. The first-order valence-electron chi connectivity index (χ1n) is 7.72. The average Bonchev–Trinajstić information content (AvgIpc) is 2.64. The molecule has 0 aliphatic rings. The molecule has 0 fully saturated rings. The van der Waals surface area contributed by atoms with Crippen molar-refractivity contribution < 1.29 is 9.18 Å². The Hall–Kier alpha value is -2.63. The van der Waals surface area contributed by atoms with Crippen LogP contribution in [0.4, 0.5) is 15.8 Å². The number of rotatable bonds is 5. The maximum Gasteiger partial charge on any atom is 0.274 e. The summed E-state index contributed by atoms with van der Waals surface area (Å²) in [6.45, 7) is 0.317. The number of hydrogen-bond acceptors (Lipinski definition) is 3. The van der Waals surface area contributed by atoms with Gasteiger partial charge in [-0.1, -0.05) is 41.4 Å². The Morgan fingerprint density at radius 3 is 2.62 bits per heavy atom. The number of halogens is 3. The average molecular weight is 390 g/mol. The molecule has 1 amide bonds. The molecule has 3 rings (SSSR count). The van der Waals surface area contributed by atoms with Crippen molar-refractivity contribution in [2.75, 3.05) is 10.6 Å². The van der Waals surface area contributed by atoms with E-state index in [-0.39, 0.29) is 11.5 Å². The second-order valence-electron chi connectivity index (χ2n) is 5.46. The van der Waals surface area contributed by atoms with Gasteiger partial charge in [0.05, 0.1) is 22.6 Å². The van der Waals surface area contributed by atoms with Gasteiger partial charge in [-0.05, 0) is 36.4 Å². The molecule has 0 saturated heterocycles. The summed E-state index contributed by atoms with van der Waals surface area (Å²) in [4.78, 5) is 16.4. The molecule has 1 heterocycles. The van der Waals surface area contributed by atoms with Gasteiger partial charge < -0.3 is 10.6 Å². The summed E-state index contributed by atoms with van der Waals surface area (Å²) in [5.41, 5.74) is 1.85. The maximum absolute atomic E-state index is 13.6. The number of nitrogens with zero attached hydrogens (tertiary/aromatic N) is 1. The number of nitrogens with one attached hydrogen (secondary N) is 2. The van der Waals surface area contributed by atoms with Crippen LogP contribution in [0.5, 0.6) is 0 Å². The summed E-state index contributed by atoms with van der Waals surface area (Å²) in [6, 6.07) is 14.6. The third kappa shape index (κ3) is 4.50. The maximum atomic E-state index is 13.6. The standard InChI is InChI=1S/C19H14Cl2FN3O/c20-13-5-7-15(21)18(9-13)25-19(26)17-8-6-14(11-24-17)23-10-12-3-1-2-4-16(12)22/h1-9,11,23H,10H2,(H,25,26). The van der Waals surface area contributed by atoms with Gasteiger partial charge in [-0.2, -0.15) is 0 Å². The fraction of sp³-hybridized carbons (Fsp3) is 0.0526. The molecule has 2 N–H and O–H groups in total. The highest BCUT2D eigenvalue weighted by Crippen LogP contribution is 2.25. The Morgan fingerprint density at radius 1 is 1.08 bits per heavy atom. The summed E-state index contributed by atoms with van der Waals surface area (Å²) in [5.74, 6) is -0.683. The highest BCUT2D eigenvalue weighted by atomic mass is 35.5. The van der Waals surface area contributed by atoms with Gasteiger partial charge in [-0.15, -0.1) is 0 Å². The van der Waals surface area contributed by atoms with Crippen molar-refractivity contribution in [1.29, 1.82) is 0 Å². The van der Waals surface area contributed by atoms with Gasteiger partial charge in [0, 0.05) is 17.1 Å². The Morgan fingerprint density at radius 2 is 1.88 bits per heavy atom. The van der Waals surface area contributed by atoms with Crippen molar-refractivity contribution >= 4 is 40.5 Å². The van der Waals surface area contributed by atoms with Gasteiger partial charge in [-0.3, -0.25) is 4.79 Å². The third-order valence-corrected chi connectivity index (χ3v) is 4.18. The Labute approximate surface area is 160 Å². The van der Waals surface area contributed by atoms with Crippen LogP contribution in [0.25, 0.3) is 0 Å². The summed E-state index contributed by atoms with van der Waals surface area (Å²) in [6.07, 6.45) is 1.51. The molecule has 0 saturated carbocycles. The van der Waals surface area contributed by atoms with E-state index in [0.29, 0.717) is 33.5 Å². The second kappa shape index (κ2) is 8.17. The van der Waals surface area contributed by atoms with Crippen LogP contribution >= 0.6 is 23.2 Å². The number of aromatic nitrogens is 1. The monoisotopic (exact) mass is 389 g/mol. The predicted molar refractivity (Wildman–Crippen MR) is 102 cm³/mol. The van der Waals surface area contributed by atoms with Crippen molar-refractivity contribution in [3.05, 3.63) is 87.9 Å². The lowest BCUT2D eigenvalue weighted by Gasteiger charge is -2.09. The molecule has 4 nitrogen and oxygen atoms in total. The van der Waals surface area contributed by atoms with Crippen LogP contribution in [0, 0.1) is 5.82 Å². The van der Waals surface area contributed by atoms with Crippen LogP contribution in [0.3, 0.4) is 0 Å². The molecular formula is C19H14Cl2FN3O. The van der Waals surface area contributed by atoms with Crippen molar-refractivity contribution in [2.24, 2.45) is 0 Å². The quantitative estimate of drug-likeness (QED) is 0.614. The topological polar surface area (TPSA) is 54.0 Å². The van der Waals surface area contributed by atoms with E-state index in [0.717, 1.165) is 0 Å². The molecule has 0 radical (unpaired) electrons. The molecule has 3 aromatic rings. The first kappa shape index (κ1) is 18.2. The molecular weight excluding hydrogens is 376 g/mol. The zero-order valence-corrected chi connectivity index (χ0v) is 15.0. The Balaban J connectivity index is 1.64. The van der Waals surface area contributed by atoms with Crippen LogP contribution in [0.1, 0.15) is 16.1 Å². The summed E-state index contributed by atoms with van der Waals surface area (Å²) < 4.78 is 13.6. The molecule has 0 atom stereocenters. The Kier molecular flexibility index (Phi) is 5.71. The molecule has 0 aliphatic heterocycles. The van der Waals surface area contributed by atoms with E-state index < -0.39 is 5.91 Å². The molecule has 1 aromatic heterocycles. The zero-order valence-electron chi connectivity index (χ0n) is 13.5. The van der Waals surface area contributed by atoms with E-state index in [4.69, 9.17) is 23.2 Å². The van der Waals surface area contributed by atoms with Gasteiger partial charge in [0.1, 0.15) is 11.5 Å². The number of amides is 1. The van der Waals surface area contributed by atoms with Crippen LogP contribution in [-0.4, -0.2) is 10.9 Å². The molecule has 7 heteroatoms. The lowest BCUT2D eigenvalue weighted by atomic mass is 10.2. The summed E-state index contributed by atoms with van der Waals surface area (Å²) >= 11 is 11.9. The highest BCUT2D eigenvalue weighted by molar-refractivity contribution is 6.35. The number of anilines is 2. The van der Waals surface area contributed by atoms with Crippen molar-refractivity contribution in [3.8, 4) is 0 Å². The second-order valence-corrected chi connectivity index (χ2v) is 6.30. The number of pyridine rings is 1. The third-order valence-electron chi connectivity index (χ3n) is 3.61. The largest absolute Gasteiger partial charge is 0.380 e. The van der Waals surface area contributed by atoms with Crippen molar-refractivity contribution in [1.82, 2.24) is 4.98 Å². The number of carbonyl (C=O) groups is 1. The predicted octanol–water partition coefficient (Wildman–Crippen LogP) is 5.39. The Bertz CT molecular complexity index is 932.